The topological polar surface area (TPSA) is 116 Å². The third kappa shape index (κ3) is 3.52. The van der Waals surface area contributed by atoms with E-state index in [1.807, 2.05) is 6.07 Å². The van der Waals surface area contributed by atoms with Gasteiger partial charge in [-0.15, -0.1) is 11.3 Å². The minimum absolute atomic E-state index is 0.361. The predicted octanol–water partition coefficient (Wildman–Crippen LogP) is 4.24. The lowest BCUT2D eigenvalue weighted by atomic mass is 10.1. The molecular formula is C17H13Cl2N7S. The van der Waals surface area contributed by atoms with Gasteiger partial charge in [0.05, 0.1) is 20.3 Å². The molecule has 4 rings (SSSR count). The monoisotopic (exact) mass is 417 g/mol. The fraction of sp³-hybridized carbons (Fsp3) is 0.0588. The first-order valence-corrected chi connectivity index (χ1v) is 9.41. The van der Waals surface area contributed by atoms with E-state index in [0.717, 1.165) is 15.8 Å². The van der Waals surface area contributed by atoms with Crippen molar-refractivity contribution in [3.8, 4) is 10.6 Å². The molecule has 0 radical (unpaired) electrons. The van der Waals surface area contributed by atoms with E-state index < -0.39 is 0 Å². The van der Waals surface area contributed by atoms with Crippen LogP contribution in [0.5, 0.6) is 0 Å². The van der Waals surface area contributed by atoms with Gasteiger partial charge in [0.1, 0.15) is 23.0 Å². The smallest absolute Gasteiger partial charge is 0.151 e. The number of anilines is 3. The first-order valence-electron chi connectivity index (χ1n) is 7.83. The van der Waals surface area contributed by atoms with Gasteiger partial charge in [0, 0.05) is 24.4 Å². The van der Waals surface area contributed by atoms with Crippen LogP contribution in [0.2, 0.25) is 10.0 Å². The maximum atomic E-state index is 6.43. The number of nitrogens with two attached hydrogens (primary N) is 2. The van der Waals surface area contributed by atoms with Gasteiger partial charge in [0.2, 0.25) is 0 Å². The summed E-state index contributed by atoms with van der Waals surface area (Å²) in [5.41, 5.74) is 13.7. The Balaban J connectivity index is 1.80. The van der Waals surface area contributed by atoms with Gasteiger partial charge in [0.25, 0.3) is 0 Å². The van der Waals surface area contributed by atoms with Gasteiger partial charge >= 0.3 is 0 Å². The van der Waals surface area contributed by atoms with Crippen LogP contribution in [0.3, 0.4) is 0 Å². The molecule has 7 nitrogen and oxygen atoms in total. The molecule has 0 aliphatic heterocycles. The van der Waals surface area contributed by atoms with E-state index in [1.165, 1.54) is 17.7 Å². The van der Waals surface area contributed by atoms with Crippen LogP contribution in [0, 0.1) is 0 Å². The van der Waals surface area contributed by atoms with E-state index in [9.17, 15) is 0 Å². The number of nitrogen functional groups attached to an aromatic ring is 1. The third-order valence-corrected chi connectivity index (χ3v) is 5.48. The van der Waals surface area contributed by atoms with Crippen LogP contribution >= 0.6 is 34.5 Å². The zero-order valence-electron chi connectivity index (χ0n) is 13.8. The molecule has 0 saturated carbocycles. The molecule has 4 aromatic rings. The van der Waals surface area contributed by atoms with Gasteiger partial charge in [-0.05, 0) is 23.8 Å². The highest BCUT2D eigenvalue weighted by molar-refractivity contribution is 7.22. The second kappa shape index (κ2) is 7.24. The molecule has 0 amide bonds. The van der Waals surface area contributed by atoms with Gasteiger partial charge in [0.15, 0.2) is 5.82 Å². The summed E-state index contributed by atoms with van der Waals surface area (Å²) in [4.78, 5) is 17.1. The van der Waals surface area contributed by atoms with Gasteiger partial charge < -0.3 is 16.8 Å². The molecule has 0 fully saturated rings. The summed E-state index contributed by atoms with van der Waals surface area (Å²) in [6.45, 7) is 0.361. The van der Waals surface area contributed by atoms with Crippen LogP contribution in [0.4, 0.5) is 17.5 Å². The quantitative estimate of drug-likeness (QED) is 0.454. The standard InChI is InChI=1S/C17H13Cl2N7S/c18-9-3-8(6-20)4-10(19)14(9)17-25-11-1-2-22-16(15(11)27-17)26-13-5-12(21)23-7-24-13/h1-5,7H,6,20H2,(H3,21,22,23,24,26). The van der Waals surface area contributed by atoms with Gasteiger partial charge in [-0.1, -0.05) is 23.2 Å². The molecule has 5 N–H and O–H groups in total. The number of thiazole rings is 1. The zero-order valence-corrected chi connectivity index (χ0v) is 16.1. The molecule has 27 heavy (non-hydrogen) atoms. The molecule has 3 aromatic heterocycles. The average molecular weight is 418 g/mol. The molecule has 0 spiro atoms. The summed E-state index contributed by atoms with van der Waals surface area (Å²) in [5.74, 6) is 1.52. The van der Waals surface area contributed by atoms with Gasteiger partial charge in [-0.3, -0.25) is 0 Å². The maximum Gasteiger partial charge on any atom is 0.151 e. The van der Waals surface area contributed by atoms with Crippen molar-refractivity contribution in [2.75, 3.05) is 11.1 Å². The van der Waals surface area contributed by atoms with Crippen LogP contribution in [0.1, 0.15) is 5.56 Å². The van der Waals surface area contributed by atoms with Crippen molar-refractivity contribution in [2.45, 2.75) is 6.54 Å². The number of hydrogen-bond donors (Lipinski definition) is 3. The van der Waals surface area contributed by atoms with Crippen molar-refractivity contribution in [1.82, 2.24) is 19.9 Å². The van der Waals surface area contributed by atoms with E-state index in [4.69, 9.17) is 34.7 Å². The SMILES string of the molecule is NCc1cc(Cl)c(-c2nc3ccnc(Nc4cc(N)ncn4)c3s2)c(Cl)c1. The highest BCUT2D eigenvalue weighted by atomic mass is 35.5. The molecule has 0 unspecified atom stereocenters. The number of aromatic nitrogens is 4. The molecule has 10 heteroatoms. The maximum absolute atomic E-state index is 6.43. The van der Waals surface area contributed by atoms with Gasteiger partial charge in [-0.25, -0.2) is 19.9 Å². The summed E-state index contributed by atoms with van der Waals surface area (Å²) in [6, 6.07) is 7.05. The Morgan fingerprint density at radius 1 is 1.07 bits per heavy atom. The molecule has 136 valence electrons. The van der Waals surface area contributed by atoms with Crippen LogP contribution in [-0.4, -0.2) is 19.9 Å². The first kappa shape index (κ1) is 17.9. The van der Waals surface area contributed by atoms with Crippen molar-refractivity contribution >= 4 is 62.2 Å². The summed E-state index contributed by atoms with van der Waals surface area (Å²) < 4.78 is 0.847. The molecule has 0 saturated heterocycles. The number of rotatable bonds is 4. The van der Waals surface area contributed by atoms with Crippen molar-refractivity contribution in [3.63, 3.8) is 0 Å². The van der Waals surface area contributed by atoms with Crippen LogP contribution in [-0.2, 0) is 6.54 Å². The Kier molecular flexibility index (Phi) is 4.79. The minimum Gasteiger partial charge on any atom is -0.384 e. The zero-order chi connectivity index (χ0) is 19.0. The lowest BCUT2D eigenvalue weighted by Gasteiger charge is -2.06. The molecule has 0 atom stereocenters. The van der Waals surface area contributed by atoms with E-state index in [2.05, 4.69) is 25.3 Å². The number of nitrogens with zero attached hydrogens (tertiary/aromatic N) is 4. The van der Waals surface area contributed by atoms with E-state index in [0.29, 0.717) is 44.6 Å². The predicted molar refractivity (Wildman–Crippen MR) is 110 cm³/mol. The molecule has 0 aliphatic carbocycles. The van der Waals surface area contributed by atoms with Crippen molar-refractivity contribution in [1.29, 1.82) is 0 Å². The van der Waals surface area contributed by atoms with E-state index in [-0.39, 0.29) is 0 Å². The summed E-state index contributed by atoms with van der Waals surface area (Å²) in [5, 5.41) is 4.86. The highest BCUT2D eigenvalue weighted by Gasteiger charge is 2.17. The Labute approximate surface area is 168 Å². The second-order valence-electron chi connectivity index (χ2n) is 5.62. The first-order chi connectivity index (χ1) is 13.0. The molecule has 3 heterocycles. The Bertz CT molecular complexity index is 1120. The average Bonchev–Trinajstić information content (AvgIpc) is 3.05. The van der Waals surface area contributed by atoms with Crippen molar-refractivity contribution in [3.05, 3.63) is 52.4 Å². The number of pyridine rings is 1. The number of hydrogen-bond acceptors (Lipinski definition) is 8. The Morgan fingerprint density at radius 2 is 1.85 bits per heavy atom. The largest absolute Gasteiger partial charge is 0.384 e. The summed E-state index contributed by atoms with van der Waals surface area (Å²) >= 11 is 14.3. The molecule has 1 aromatic carbocycles. The molecular weight excluding hydrogens is 405 g/mol. The van der Waals surface area contributed by atoms with Crippen LogP contribution in [0.25, 0.3) is 20.8 Å². The molecule has 0 aliphatic rings. The highest BCUT2D eigenvalue weighted by Crippen LogP contribution is 2.41. The van der Waals surface area contributed by atoms with Crippen LogP contribution in [0.15, 0.2) is 36.8 Å². The minimum atomic E-state index is 0.361. The Morgan fingerprint density at radius 3 is 2.56 bits per heavy atom. The van der Waals surface area contributed by atoms with E-state index >= 15 is 0 Å². The fourth-order valence-corrected chi connectivity index (χ4v) is 4.46. The number of benzene rings is 1. The number of halogens is 2. The van der Waals surface area contributed by atoms with Crippen molar-refractivity contribution in [2.24, 2.45) is 5.73 Å². The van der Waals surface area contributed by atoms with E-state index in [1.54, 1.807) is 24.4 Å². The molecule has 0 bridgehead atoms. The number of fused-ring (bicyclic) bond motifs is 1. The third-order valence-electron chi connectivity index (χ3n) is 3.79. The normalized spacial score (nSPS) is 11.1. The lowest BCUT2D eigenvalue weighted by Crippen LogP contribution is -1.98. The number of nitrogens with one attached hydrogen (secondary N) is 1. The second-order valence-corrected chi connectivity index (χ2v) is 7.43. The van der Waals surface area contributed by atoms with Crippen LogP contribution < -0.4 is 16.8 Å². The fourth-order valence-electron chi connectivity index (χ4n) is 2.56. The summed E-state index contributed by atoms with van der Waals surface area (Å²) in [7, 11) is 0. The summed E-state index contributed by atoms with van der Waals surface area (Å²) in [6.07, 6.45) is 3.05. The van der Waals surface area contributed by atoms with Gasteiger partial charge in [-0.2, -0.15) is 0 Å². The Hall–Kier alpha value is -2.52. The van der Waals surface area contributed by atoms with Crippen molar-refractivity contribution < 1.29 is 0 Å². The lowest BCUT2D eigenvalue weighted by molar-refractivity contribution is 1.07.